The molecule has 120 valence electrons. The highest BCUT2D eigenvalue weighted by molar-refractivity contribution is 7.21. The van der Waals surface area contributed by atoms with E-state index in [2.05, 4.69) is 10.3 Å². The van der Waals surface area contributed by atoms with Crippen molar-refractivity contribution in [1.29, 1.82) is 0 Å². The van der Waals surface area contributed by atoms with Crippen molar-refractivity contribution in [2.45, 2.75) is 6.04 Å². The topological polar surface area (TPSA) is 97.5 Å². The van der Waals surface area contributed by atoms with Crippen LogP contribution in [0.1, 0.15) is 9.67 Å². The molecule has 4 N–H and O–H groups in total. The zero-order valence-corrected chi connectivity index (χ0v) is 13.4. The van der Waals surface area contributed by atoms with Crippen LogP contribution in [-0.4, -0.2) is 42.4 Å². The first-order valence-corrected chi connectivity index (χ1v) is 7.96. The van der Waals surface area contributed by atoms with Gasteiger partial charge in [0.1, 0.15) is 4.88 Å². The van der Waals surface area contributed by atoms with E-state index in [0.717, 1.165) is 21.0 Å². The fourth-order valence-electron chi connectivity index (χ4n) is 2.45. The third-order valence-electron chi connectivity index (χ3n) is 3.58. The summed E-state index contributed by atoms with van der Waals surface area (Å²) in [6, 6.07) is 7.29. The van der Waals surface area contributed by atoms with E-state index in [1.165, 1.54) is 18.4 Å². The van der Waals surface area contributed by atoms with Crippen LogP contribution < -0.4 is 11.1 Å². The highest BCUT2D eigenvalue weighted by Gasteiger charge is 2.21. The van der Waals surface area contributed by atoms with Gasteiger partial charge in [0, 0.05) is 34.3 Å². The number of anilines is 1. The van der Waals surface area contributed by atoms with E-state index in [4.69, 9.17) is 15.6 Å². The molecule has 1 aromatic carbocycles. The van der Waals surface area contributed by atoms with Crippen LogP contribution in [0, 0.1) is 0 Å². The number of esters is 1. The van der Waals surface area contributed by atoms with E-state index in [1.807, 2.05) is 24.3 Å². The van der Waals surface area contributed by atoms with Crippen LogP contribution in [0.15, 0.2) is 30.5 Å². The van der Waals surface area contributed by atoms with Gasteiger partial charge >= 0.3 is 5.97 Å². The molecule has 3 rings (SSSR count). The third-order valence-corrected chi connectivity index (χ3v) is 4.72. The molecule has 0 saturated carbocycles. The van der Waals surface area contributed by atoms with Crippen molar-refractivity contribution >= 4 is 44.0 Å². The van der Waals surface area contributed by atoms with Crippen molar-refractivity contribution in [2.24, 2.45) is 5.73 Å². The molecule has 0 amide bonds. The summed E-state index contributed by atoms with van der Waals surface area (Å²) in [6.07, 6.45) is 1.73. The number of aliphatic hydroxyl groups is 1. The van der Waals surface area contributed by atoms with Gasteiger partial charge < -0.3 is 20.9 Å². The molecule has 6 nitrogen and oxygen atoms in total. The number of methoxy groups -OCH3 is 1. The fraction of sp³-hybridized carbons (Fsp3) is 0.250. The van der Waals surface area contributed by atoms with E-state index in [-0.39, 0.29) is 6.61 Å². The summed E-state index contributed by atoms with van der Waals surface area (Å²) in [5.74, 6) is -0.400. The Kier molecular flexibility index (Phi) is 4.42. The number of nitrogens with one attached hydrogen (secondary N) is 1. The third kappa shape index (κ3) is 2.86. The molecular formula is C16H17N3O3S. The molecule has 23 heavy (non-hydrogen) atoms. The number of fused-ring (bicyclic) bond motifs is 3. The van der Waals surface area contributed by atoms with Crippen LogP contribution in [0.3, 0.4) is 0 Å². The van der Waals surface area contributed by atoms with Gasteiger partial charge in [0.05, 0.1) is 24.9 Å². The molecule has 1 atom stereocenters. The maximum absolute atomic E-state index is 12.1. The molecule has 0 fully saturated rings. The molecule has 2 aromatic heterocycles. The van der Waals surface area contributed by atoms with Crippen molar-refractivity contribution in [3.05, 3.63) is 35.3 Å². The van der Waals surface area contributed by atoms with Crippen LogP contribution >= 0.6 is 11.3 Å². The quantitative estimate of drug-likeness (QED) is 0.618. The zero-order valence-electron chi connectivity index (χ0n) is 12.6. The Hall–Kier alpha value is -2.22. The number of carbonyl (C=O) groups is 1. The summed E-state index contributed by atoms with van der Waals surface area (Å²) in [5.41, 5.74) is 7.30. The lowest BCUT2D eigenvalue weighted by molar-refractivity contribution is 0.0607. The average Bonchev–Trinajstić information content (AvgIpc) is 2.98. The summed E-state index contributed by atoms with van der Waals surface area (Å²) in [6.45, 7) is 0.216. The number of nitrogens with zero attached hydrogens (tertiary/aromatic N) is 1. The monoisotopic (exact) mass is 331 g/mol. The van der Waals surface area contributed by atoms with Gasteiger partial charge in [-0.1, -0.05) is 6.07 Å². The van der Waals surface area contributed by atoms with Crippen LogP contribution in [0.25, 0.3) is 21.0 Å². The SMILES string of the molecule is COC(=O)c1sc2ccc3ncccc3c2c1NC[C@@H](N)CO. The van der Waals surface area contributed by atoms with Crippen LogP contribution in [0.5, 0.6) is 0 Å². The number of thiophene rings is 1. The summed E-state index contributed by atoms with van der Waals surface area (Å²) in [4.78, 5) is 17.0. The molecule has 0 bridgehead atoms. The Bertz CT molecular complexity index is 862. The first-order valence-electron chi connectivity index (χ1n) is 7.14. The van der Waals surface area contributed by atoms with Crippen molar-refractivity contribution in [3.63, 3.8) is 0 Å². The molecule has 7 heteroatoms. The number of aromatic nitrogens is 1. The van der Waals surface area contributed by atoms with Crippen molar-refractivity contribution < 1.29 is 14.6 Å². The number of pyridine rings is 1. The largest absolute Gasteiger partial charge is 0.465 e. The minimum Gasteiger partial charge on any atom is -0.465 e. The first kappa shape index (κ1) is 15.7. The molecule has 0 aliphatic heterocycles. The number of aliphatic hydroxyl groups excluding tert-OH is 1. The summed E-state index contributed by atoms with van der Waals surface area (Å²) in [5, 5.41) is 14.2. The van der Waals surface area contributed by atoms with Gasteiger partial charge in [-0.3, -0.25) is 4.98 Å². The maximum Gasteiger partial charge on any atom is 0.350 e. The Morgan fingerprint density at radius 3 is 3.04 bits per heavy atom. The lowest BCUT2D eigenvalue weighted by Crippen LogP contribution is -2.32. The fourth-order valence-corrected chi connectivity index (χ4v) is 3.57. The Labute approximate surface area is 136 Å². The second kappa shape index (κ2) is 6.49. The summed E-state index contributed by atoms with van der Waals surface area (Å²) in [7, 11) is 1.36. The van der Waals surface area contributed by atoms with Crippen molar-refractivity contribution in [1.82, 2.24) is 4.98 Å². The molecular weight excluding hydrogens is 314 g/mol. The van der Waals surface area contributed by atoms with Gasteiger partial charge in [-0.15, -0.1) is 11.3 Å². The van der Waals surface area contributed by atoms with E-state index in [9.17, 15) is 4.79 Å². The predicted octanol–water partition coefficient (Wildman–Crippen LogP) is 1.97. The molecule has 0 unspecified atom stereocenters. The Morgan fingerprint density at radius 1 is 1.48 bits per heavy atom. The normalized spacial score (nSPS) is 12.5. The van der Waals surface area contributed by atoms with Gasteiger partial charge in [-0.05, 0) is 18.2 Å². The van der Waals surface area contributed by atoms with Gasteiger partial charge in [0.15, 0.2) is 0 Å². The predicted molar refractivity (Wildman–Crippen MR) is 92.0 cm³/mol. The second-order valence-electron chi connectivity index (χ2n) is 5.13. The van der Waals surface area contributed by atoms with Crippen LogP contribution in [0.2, 0.25) is 0 Å². The molecule has 0 aliphatic rings. The number of ether oxygens (including phenoxy) is 1. The zero-order chi connectivity index (χ0) is 16.4. The summed E-state index contributed by atoms with van der Waals surface area (Å²) >= 11 is 1.36. The smallest absolute Gasteiger partial charge is 0.350 e. The number of hydrogen-bond donors (Lipinski definition) is 3. The molecule has 0 spiro atoms. The highest BCUT2D eigenvalue weighted by atomic mass is 32.1. The lowest BCUT2D eigenvalue weighted by Gasteiger charge is -2.12. The average molecular weight is 331 g/mol. The van der Waals surface area contributed by atoms with E-state index in [0.29, 0.717) is 17.1 Å². The molecule has 0 aliphatic carbocycles. The first-order chi connectivity index (χ1) is 11.2. The van der Waals surface area contributed by atoms with Crippen molar-refractivity contribution in [2.75, 3.05) is 25.6 Å². The molecule has 0 radical (unpaired) electrons. The molecule has 3 aromatic rings. The molecule has 0 saturated heterocycles. The van der Waals surface area contributed by atoms with Crippen LogP contribution in [0.4, 0.5) is 5.69 Å². The van der Waals surface area contributed by atoms with Gasteiger partial charge in [0.2, 0.25) is 0 Å². The number of carbonyl (C=O) groups excluding carboxylic acids is 1. The number of benzene rings is 1. The minimum atomic E-state index is -0.413. The lowest BCUT2D eigenvalue weighted by atomic mass is 10.1. The maximum atomic E-state index is 12.1. The Balaban J connectivity index is 2.21. The van der Waals surface area contributed by atoms with Crippen LogP contribution in [-0.2, 0) is 4.74 Å². The summed E-state index contributed by atoms with van der Waals surface area (Å²) < 4.78 is 5.85. The van der Waals surface area contributed by atoms with E-state index < -0.39 is 12.0 Å². The molecule has 2 heterocycles. The van der Waals surface area contributed by atoms with E-state index >= 15 is 0 Å². The van der Waals surface area contributed by atoms with Gasteiger partial charge in [-0.25, -0.2) is 4.79 Å². The second-order valence-corrected chi connectivity index (χ2v) is 6.18. The Morgan fingerprint density at radius 2 is 2.30 bits per heavy atom. The number of rotatable bonds is 5. The van der Waals surface area contributed by atoms with Crippen molar-refractivity contribution in [3.8, 4) is 0 Å². The highest BCUT2D eigenvalue weighted by Crippen LogP contribution is 2.40. The standard InChI is InChI=1S/C16H17N3O3S/c1-22-16(21)15-14(19-7-9(17)8-20)13-10-3-2-6-18-11(10)4-5-12(13)23-15/h2-6,9,19-20H,7-8,17H2,1H3/t9-/m1/s1. The van der Waals surface area contributed by atoms with Gasteiger partial charge in [0.25, 0.3) is 0 Å². The van der Waals surface area contributed by atoms with Gasteiger partial charge in [-0.2, -0.15) is 0 Å². The minimum absolute atomic E-state index is 0.134. The van der Waals surface area contributed by atoms with E-state index in [1.54, 1.807) is 6.20 Å². The number of hydrogen-bond acceptors (Lipinski definition) is 7. The number of nitrogens with two attached hydrogens (primary N) is 1.